The van der Waals surface area contributed by atoms with E-state index in [1.54, 1.807) is 4.52 Å². The summed E-state index contributed by atoms with van der Waals surface area (Å²) in [6, 6.07) is 7.94. The zero-order valence-electron chi connectivity index (χ0n) is 10.6. The minimum Gasteiger partial charge on any atom is -0.320 e. The SMILES string of the molecule is Cc1nc2ccccc2n1Cc1nnc2sc(=O)[nH]n12. The summed E-state index contributed by atoms with van der Waals surface area (Å²) in [6.45, 7) is 2.47. The van der Waals surface area contributed by atoms with Gasteiger partial charge in [-0.3, -0.25) is 4.79 Å². The lowest BCUT2D eigenvalue weighted by molar-refractivity contribution is 0.704. The molecule has 1 N–H and O–H groups in total. The van der Waals surface area contributed by atoms with E-state index >= 15 is 0 Å². The Morgan fingerprint density at radius 3 is 3.05 bits per heavy atom. The molecule has 7 nitrogen and oxygen atoms in total. The summed E-state index contributed by atoms with van der Waals surface area (Å²) < 4.78 is 3.68. The molecule has 0 radical (unpaired) electrons. The maximum absolute atomic E-state index is 11.3. The number of aromatic nitrogens is 6. The minimum absolute atomic E-state index is 0.136. The first kappa shape index (κ1) is 11.4. The number of aryl methyl sites for hydroxylation is 1. The Bertz CT molecular complexity index is 975. The van der Waals surface area contributed by atoms with Crippen molar-refractivity contribution < 1.29 is 0 Å². The van der Waals surface area contributed by atoms with Crippen LogP contribution in [0.3, 0.4) is 0 Å². The number of imidazole rings is 1. The lowest BCUT2D eigenvalue weighted by Gasteiger charge is -2.04. The number of rotatable bonds is 2. The molecule has 0 aliphatic rings. The number of hydrogen-bond donors (Lipinski definition) is 1. The first-order chi connectivity index (χ1) is 9.72. The van der Waals surface area contributed by atoms with Crippen molar-refractivity contribution in [2.75, 3.05) is 0 Å². The van der Waals surface area contributed by atoms with Crippen LogP contribution in [0.25, 0.3) is 16.0 Å². The highest BCUT2D eigenvalue weighted by molar-refractivity contribution is 7.14. The molecule has 0 fully saturated rings. The molecule has 0 unspecified atom stereocenters. The van der Waals surface area contributed by atoms with Crippen LogP contribution in [0.4, 0.5) is 0 Å². The highest BCUT2D eigenvalue weighted by Gasteiger charge is 2.13. The van der Waals surface area contributed by atoms with E-state index in [1.165, 1.54) is 0 Å². The second kappa shape index (κ2) is 4.01. The van der Waals surface area contributed by atoms with Gasteiger partial charge in [-0.15, -0.1) is 10.2 Å². The van der Waals surface area contributed by atoms with E-state index in [4.69, 9.17) is 0 Å². The second-order valence-electron chi connectivity index (χ2n) is 4.47. The fourth-order valence-corrected chi connectivity index (χ4v) is 2.94. The molecule has 0 aliphatic heterocycles. The summed E-state index contributed by atoms with van der Waals surface area (Å²) in [5, 5.41) is 10.8. The van der Waals surface area contributed by atoms with Crippen molar-refractivity contribution >= 4 is 27.3 Å². The molecule has 0 spiro atoms. The topological polar surface area (TPSA) is 80.9 Å². The third kappa shape index (κ3) is 1.58. The van der Waals surface area contributed by atoms with Gasteiger partial charge >= 0.3 is 4.87 Å². The first-order valence-corrected chi connectivity index (χ1v) is 6.89. The molecule has 0 bridgehead atoms. The Kier molecular flexibility index (Phi) is 2.27. The summed E-state index contributed by atoms with van der Waals surface area (Å²) in [5.74, 6) is 1.59. The molecule has 1 aromatic carbocycles. The zero-order valence-corrected chi connectivity index (χ0v) is 11.4. The van der Waals surface area contributed by atoms with Crippen molar-refractivity contribution in [2.24, 2.45) is 0 Å². The number of nitrogens with zero attached hydrogens (tertiary/aromatic N) is 5. The van der Waals surface area contributed by atoms with Gasteiger partial charge in [-0.25, -0.2) is 14.6 Å². The van der Waals surface area contributed by atoms with E-state index in [-0.39, 0.29) is 4.87 Å². The van der Waals surface area contributed by atoms with Crippen LogP contribution in [0.1, 0.15) is 11.6 Å². The van der Waals surface area contributed by atoms with Crippen LogP contribution in [-0.4, -0.2) is 29.4 Å². The smallest absolute Gasteiger partial charge is 0.320 e. The van der Waals surface area contributed by atoms with Gasteiger partial charge < -0.3 is 4.57 Å². The van der Waals surface area contributed by atoms with Gasteiger partial charge in [-0.2, -0.15) is 0 Å². The molecular formula is C12H10N6OS. The van der Waals surface area contributed by atoms with Gasteiger partial charge in [0.2, 0.25) is 4.96 Å². The third-order valence-corrected chi connectivity index (χ3v) is 3.96. The lowest BCUT2D eigenvalue weighted by atomic mass is 10.3. The fourth-order valence-electron chi connectivity index (χ4n) is 2.32. The normalized spacial score (nSPS) is 11.7. The minimum atomic E-state index is -0.136. The number of fused-ring (bicyclic) bond motifs is 2. The number of para-hydroxylation sites is 2. The molecule has 0 amide bonds. The Morgan fingerprint density at radius 1 is 1.30 bits per heavy atom. The van der Waals surface area contributed by atoms with Crippen LogP contribution >= 0.6 is 11.3 Å². The Balaban J connectivity index is 1.88. The van der Waals surface area contributed by atoms with Crippen molar-refractivity contribution in [1.82, 2.24) is 29.4 Å². The molecular weight excluding hydrogens is 276 g/mol. The van der Waals surface area contributed by atoms with Crippen molar-refractivity contribution in [2.45, 2.75) is 13.5 Å². The average molecular weight is 286 g/mol. The number of hydrogen-bond acceptors (Lipinski definition) is 5. The Hall–Kier alpha value is -2.48. The molecule has 4 aromatic rings. The van der Waals surface area contributed by atoms with Gasteiger partial charge in [0.05, 0.1) is 17.6 Å². The molecule has 100 valence electrons. The fraction of sp³-hybridized carbons (Fsp3) is 0.167. The van der Waals surface area contributed by atoms with Gasteiger partial charge in [0.25, 0.3) is 0 Å². The first-order valence-electron chi connectivity index (χ1n) is 6.07. The summed E-state index contributed by atoms with van der Waals surface area (Å²) in [7, 11) is 0. The van der Waals surface area contributed by atoms with E-state index in [1.807, 2.05) is 31.2 Å². The summed E-state index contributed by atoms with van der Waals surface area (Å²) in [6.07, 6.45) is 0. The van der Waals surface area contributed by atoms with E-state index < -0.39 is 0 Å². The largest absolute Gasteiger partial charge is 0.322 e. The average Bonchev–Trinajstić information content (AvgIpc) is 3.05. The summed E-state index contributed by atoms with van der Waals surface area (Å²) >= 11 is 1.05. The Labute approximate surface area is 116 Å². The summed E-state index contributed by atoms with van der Waals surface area (Å²) in [4.78, 5) is 16.3. The lowest BCUT2D eigenvalue weighted by Crippen LogP contribution is -2.08. The van der Waals surface area contributed by atoms with Gasteiger partial charge in [-0.1, -0.05) is 12.1 Å². The second-order valence-corrected chi connectivity index (χ2v) is 5.41. The van der Waals surface area contributed by atoms with Crippen LogP contribution in [0.15, 0.2) is 29.1 Å². The molecule has 8 heteroatoms. The molecule has 0 aliphatic carbocycles. The van der Waals surface area contributed by atoms with Gasteiger partial charge in [0, 0.05) is 0 Å². The van der Waals surface area contributed by atoms with E-state index in [2.05, 4.69) is 24.8 Å². The van der Waals surface area contributed by atoms with Crippen molar-refractivity contribution in [3.8, 4) is 0 Å². The maximum atomic E-state index is 11.3. The highest BCUT2D eigenvalue weighted by atomic mass is 32.1. The van der Waals surface area contributed by atoms with Gasteiger partial charge in [0.1, 0.15) is 5.82 Å². The van der Waals surface area contributed by atoms with Crippen LogP contribution in [0.2, 0.25) is 0 Å². The molecule has 20 heavy (non-hydrogen) atoms. The quantitative estimate of drug-likeness (QED) is 0.600. The number of H-pyrrole nitrogens is 1. The van der Waals surface area contributed by atoms with Crippen molar-refractivity contribution in [3.63, 3.8) is 0 Å². The molecule has 0 atom stereocenters. The van der Waals surface area contributed by atoms with Crippen LogP contribution < -0.4 is 4.87 Å². The van der Waals surface area contributed by atoms with Crippen molar-refractivity contribution in [1.29, 1.82) is 0 Å². The van der Waals surface area contributed by atoms with E-state index in [0.29, 0.717) is 17.3 Å². The van der Waals surface area contributed by atoms with E-state index in [0.717, 1.165) is 28.2 Å². The predicted octanol–water partition coefficient (Wildman–Crippen LogP) is 1.19. The Morgan fingerprint density at radius 2 is 2.15 bits per heavy atom. The number of nitrogens with one attached hydrogen (secondary N) is 1. The van der Waals surface area contributed by atoms with Crippen LogP contribution in [0, 0.1) is 6.92 Å². The molecule has 3 heterocycles. The number of benzene rings is 1. The van der Waals surface area contributed by atoms with Gasteiger partial charge in [-0.05, 0) is 30.4 Å². The standard InChI is InChI=1S/C12H10N6OS/c1-7-13-8-4-2-3-5-9(8)17(7)6-10-14-15-11-18(10)16-12(19)20-11/h2-5H,6H2,1H3,(H,16,19). The summed E-state index contributed by atoms with van der Waals surface area (Å²) in [5.41, 5.74) is 1.99. The van der Waals surface area contributed by atoms with Crippen LogP contribution in [0.5, 0.6) is 0 Å². The van der Waals surface area contributed by atoms with Crippen LogP contribution in [-0.2, 0) is 6.54 Å². The molecule has 3 aromatic heterocycles. The number of aromatic amines is 1. The molecule has 0 saturated carbocycles. The maximum Gasteiger partial charge on any atom is 0.322 e. The third-order valence-electron chi connectivity index (χ3n) is 3.23. The zero-order chi connectivity index (χ0) is 13.7. The van der Waals surface area contributed by atoms with Crippen molar-refractivity contribution in [3.05, 3.63) is 45.6 Å². The van der Waals surface area contributed by atoms with Gasteiger partial charge in [0.15, 0.2) is 5.82 Å². The highest BCUT2D eigenvalue weighted by Crippen LogP contribution is 2.17. The monoisotopic (exact) mass is 286 g/mol. The predicted molar refractivity (Wildman–Crippen MR) is 75.1 cm³/mol. The van der Waals surface area contributed by atoms with E-state index in [9.17, 15) is 4.79 Å². The molecule has 0 saturated heterocycles. The molecule has 4 rings (SSSR count).